The van der Waals surface area contributed by atoms with Gasteiger partial charge in [-0.1, -0.05) is 47.2 Å². The van der Waals surface area contributed by atoms with Crippen LogP contribution in [0.5, 0.6) is 0 Å². The van der Waals surface area contributed by atoms with Crippen LogP contribution in [0.4, 0.5) is 0 Å². The number of azide groups is 1. The molecule has 1 aromatic carbocycles. The molecule has 2 aliphatic rings. The zero-order valence-corrected chi connectivity index (χ0v) is 19.8. The van der Waals surface area contributed by atoms with Crippen LogP contribution in [0, 0.1) is 0 Å². The summed E-state index contributed by atoms with van der Waals surface area (Å²) in [5, 5.41) is 4.03. The molecule has 158 valence electrons. The monoisotopic (exact) mass is 556 g/mol. The van der Waals surface area contributed by atoms with Crippen LogP contribution in [0.3, 0.4) is 0 Å². The standard InChI is InChI=1S/C19H18Br2N4O4S/c1-26-16-14(24-25-22)15-12(9-27-18(29-15)10-5-3-2-4-6-10)28-19(16)30-13-7-11(20)8-23-17(13)21/h2-8,12,14-16,18-19H,9H2,1H3/t12?,14-,15-,16?,18?,19+/m0/s1. The highest BCUT2D eigenvalue weighted by atomic mass is 79.9. The van der Waals surface area contributed by atoms with Gasteiger partial charge in [0, 0.05) is 33.2 Å². The third kappa shape index (κ3) is 4.68. The van der Waals surface area contributed by atoms with E-state index < -0.39 is 36.1 Å². The highest BCUT2D eigenvalue weighted by molar-refractivity contribution is 9.11. The maximum Gasteiger partial charge on any atom is 0.184 e. The highest BCUT2D eigenvalue weighted by Gasteiger charge is 2.50. The first-order chi connectivity index (χ1) is 14.6. The van der Waals surface area contributed by atoms with E-state index in [-0.39, 0.29) is 0 Å². The van der Waals surface area contributed by atoms with E-state index in [9.17, 15) is 5.53 Å². The van der Waals surface area contributed by atoms with Crippen LogP contribution in [0.1, 0.15) is 11.9 Å². The minimum Gasteiger partial charge on any atom is -0.377 e. The van der Waals surface area contributed by atoms with Crippen LogP contribution in [0.25, 0.3) is 10.4 Å². The third-order valence-electron chi connectivity index (χ3n) is 4.85. The van der Waals surface area contributed by atoms with Crippen LogP contribution < -0.4 is 0 Å². The number of halogens is 2. The second-order valence-electron chi connectivity index (χ2n) is 6.68. The van der Waals surface area contributed by atoms with Crippen molar-refractivity contribution >= 4 is 43.6 Å². The molecule has 0 spiro atoms. The van der Waals surface area contributed by atoms with Crippen molar-refractivity contribution in [3.05, 3.63) is 67.7 Å². The number of pyridine rings is 1. The van der Waals surface area contributed by atoms with E-state index in [0.29, 0.717) is 11.2 Å². The molecule has 4 rings (SSSR count). The molecule has 2 aliphatic heterocycles. The number of thioether (sulfide) groups is 1. The number of aromatic nitrogens is 1. The van der Waals surface area contributed by atoms with Gasteiger partial charge in [-0.3, -0.25) is 0 Å². The maximum absolute atomic E-state index is 9.21. The summed E-state index contributed by atoms with van der Waals surface area (Å²) >= 11 is 8.35. The van der Waals surface area contributed by atoms with Gasteiger partial charge in [0.1, 0.15) is 28.4 Å². The molecular formula is C19H18Br2N4O4S. The number of hydrogen-bond acceptors (Lipinski definition) is 7. The summed E-state index contributed by atoms with van der Waals surface area (Å²) in [4.78, 5) is 8.22. The van der Waals surface area contributed by atoms with Crippen molar-refractivity contribution in [2.75, 3.05) is 13.7 Å². The molecule has 30 heavy (non-hydrogen) atoms. The minimum absolute atomic E-state index is 0.313. The van der Waals surface area contributed by atoms with Crippen molar-refractivity contribution in [1.82, 2.24) is 4.98 Å². The Kier molecular flexibility index (Phi) is 7.32. The number of benzene rings is 1. The van der Waals surface area contributed by atoms with Crippen LogP contribution in [0.15, 0.2) is 61.7 Å². The van der Waals surface area contributed by atoms with E-state index >= 15 is 0 Å². The predicted molar refractivity (Wildman–Crippen MR) is 118 cm³/mol. The van der Waals surface area contributed by atoms with Crippen molar-refractivity contribution in [2.24, 2.45) is 5.11 Å². The second kappa shape index (κ2) is 9.97. The molecule has 0 N–H and O–H groups in total. The fraction of sp³-hybridized carbons (Fsp3) is 0.421. The molecule has 2 saturated heterocycles. The fourth-order valence-corrected chi connectivity index (χ4v) is 5.67. The molecule has 3 unspecified atom stereocenters. The zero-order valence-electron chi connectivity index (χ0n) is 15.8. The van der Waals surface area contributed by atoms with Crippen molar-refractivity contribution in [3.8, 4) is 0 Å². The van der Waals surface area contributed by atoms with Crippen molar-refractivity contribution in [2.45, 2.75) is 41.0 Å². The molecule has 1 aromatic heterocycles. The summed E-state index contributed by atoms with van der Waals surface area (Å²) in [7, 11) is 1.57. The number of methoxy groups -OCH3 is 1. The summed E-state index contributed by atoms with van der Waals surface area (Å²) in [6, 6.07) is 11.0. The predicted octanol–water partition coefficient (Wildman–Crippen LogP) is 5.23. The zero-order chi connectivity index (χ0) is 21.1. The Morgan fingerprint density at radius 1 is 1.27 bits per heavy atom. The molecule has 8 nitrogen and oxygen atoms in total. The molecule has 0 bridgehead atoms. The van der Waals surface area contributed by atoms with Crippen LogP contribution in [-0.2, 0) is 18.9 Å². The molecule has 2 fully saturated rings. The lowest BCUT2D eigenvalue weighted by atomic mass is 9.96. The third-order valence-corrected chi connectivity index (χ3v) is 7.36. The molecule has 11 heteroatoms. The van der Waals surface area contributed by atoms with Gasteiger partial charge in [0.15, 0.2) is 6.29 Å². The van der Waals surface area contributed by atoms with E-state index in [2.05, 4.69) is 46.9 Å². The molecule has 0 radical (unpaired) electrons. The first kappa shape index (κ1) is 22.0. The van der Waals surface area contributed by atoms with Gasteiger partial charge >= 0.3 is 0 Å². The Balaban J connectivity index is 1.59. The van der Waals surface area contributed by atoms with Crippen molar-refractivity contribution in [1.29, 1.82) is 0 Å². The smallest absolute Gasteiger partial charge is 0.184 e. The quantitative estimate of drug-likeness (QED) is 0.216. The van der Waals surface area contributed by atoms with Gasteiger partial charge in [0.2, 0.25) is 0 Å². The first-order valence-electron chi connectivity index (χ1n) is 9.13. The van der Waals surface area contributed by atoms with Gasteiger partial charge in [0.25, 0.3) is 0 Å². The summed E-state index contributed by atoms with van der Waals surface area (Å²) < 4.78 is 25.6. The van der Waals surface area contributed by atoms with Crippen LogP contribution in [0.2, 0.25) is 0 Å². The largest absolute Gasteiger partial charge is 0.377 e. The van der Waals surface area contributed by atoms with Gasteiger partial charge in [-0.25, -0.2) is 4.98 Å². The average molecular weight is 558 g/mol. The van der Waals surface area contributed by atoms with E-state index in [0.717, 1.165) is 14.9 Å². The molecule has 2 aromatic rings. The van der Waals surface area contributed by atoms with E-state index in [4.69, 9.17) is 18.9 Å². The average Bonchev–Trinajstić information content (AvgIpc) is 2.77. The summed E-state index contributed by atoms with van der Waals surface area (Å²) in [5.41, 5.74) is 9.66. The maximum atomic E-state index is 9.21. The van der Waals surface area contributed by atoms with E-state index in [1.165, 1.54) is 11.8 Å². The summed E-state index contributed by atoms with van der Waals surface area (Å²) in [6.07, 6.45) is -0.270. The number of fused-ring (bicyclic) bond motifs is 1. The van der Waals surface area contributed by atoms with Gasteiger partial charge in [-0.05, 0) is 43.5 Å². The molecule has 0 amide bonds. The Morgan fingerprint density at radius 2 is 2.07 bits per heavy atom. The Morgan fingerprint density at radius 3 is 2.80 bits per heavy atom. The lowest BCUT2D eigenvalue weighted by molar-refractivity contribution is -0.298. The van der Waals surface area contributed by atoms with Gasteiger partial charge in [0.05, 0.1) is 12.6 Å². The molecule has 0 saturated carbocycles. The van der Waals surface area contributed by atoms with E-state index in [1.807, 2.05) is 36.4 Å². The number of hydrogen-bond donors (Lipinski definition) is 0. The normalized spacial score (nSPS) is 30.9. The topological polar surface area (TPSA) is 98.6 Å². The Labute approximate surface area is 194 Å². The fourth-order valence-electron chi connectivity index (χ4n) is 3.49. The molecule has 3 heterocycles. The van der Waals surface area contributed by atoms with Crippen LogP contribution >= 0.6 is 43.6 Å². The lowest BCUT2D eigenvalue weighted by Crippen LogP contribution is -2.60. The Bertz CT molecular complexity index is 934. The number of ether oxygens (including phenoxy) is 4. The summed E-state index contributed by atoms with van der Waals surface area (Å²) in [6.45, 7) is 0.313. The molecule has 0 aliphatic carbocycles. The second-order valence-corrected chi connectivity index (χ2v) is 9.48. The SMILES string of the molecule is COC1[C@@H](Sc2cc(Br)cnc2Br)OC2COC(c3ccccc3)O[C@@H]2[C@@H]1N=[N+]=[N-]. The van der Waals surface area contributed by atoms with Crippen molar-refractivity contribution < 1.29 is 18.9 Å². The van der Waals surface area contributed by atoms with Gasteiger partial charge in [-0.2, -0.15) is 0 Å². The van der Waals surface area contributed by atoms with Gasteiger partial charge < -0.3 is 18.9 Å². The first-order valence-corrected chi connectivity index (χ1v) is 11.6. The van der Waals surface area contributed by atoms with Crippen LogP contribution in [-0.4, -0.2) is 48.5 Å². The minimum atomic E-state index is -0.578. The van der Waals surface area contributed by atoms with Gasteiger partial charge in [-0.15, -0.1) is 0 Å². The van der Waals surface area contributed by atoms with Crippen molar-refractivity contribution in [3.63, 3.8) is 0 Å². The highest BCUT2D eigenvalue weighted by Crippen LogP contribution is 2.42. The lowest BCUT2D eigenvalue weighted by Gasteiger charge is -2.47. The van der Waals surface area contributed by atoms with E-state index in [1.54, 1.807) is 13.3 Å². The summed E-state index contributed by atoms with van der Waals surface area (Å²) in [5.74, 6) is 0. The molecular weight excluding hydrogens is 540 g/mol. The molecule has 6 atom stereocenters. The number of nitrogens with zero attached hydrogens (tertiary/aromatic N) is 4. The number of rotatable bonds is 5. The Hall–Kier alpha value is -1.17.